The van der Waals surface area contributed by atoms with E-state index in [2.05, 4.69) is 26.1 Å². The van der Waals surface area contributed by atoms with E-state index in [0.29, 0.717) is 5.92 Å². The topological polar surface area (TPSA) is 55.2 Å². The van der Waals surface area contributed by atoms with Crippen LogP contribution in [0, 0.1) is 10.1 Å². The summed E-state index contributed by atoms with van der Waals surface area (Å²) in [4.78, 5) is 10.4. The van der Waals surface area contributed by atoms with Crippen LogP contribution in [0.2, 0.25) is 0 Å². The average Bonchev–Trinajstić information content (AvgIpc) is 2.14. The molecule has 4 nitrogen and oxygen atoms in total. The summed E-state index contributed by atoms with van der Waals surface area (Å²) in [6.07, 6.45) is 1.04. The van der Waals surface area contributed by atoms with Gasteiger partial charge >= 0.3 is 0 Å². The number of nitrogens with one attached hydrogen (secondary N) is 1. The molecule has 0 aromatic heterocycles. The first-order chi connectivity index (χ1) is 7.39. The second-order valence-electron chi connectivity index (χ2n) is 5.14. The number of hydrogen-bond donors (Lipinski definition) is 1. The maximum Gasteiger partial charge on any atom is 0.271 e. The van der Waals surface area contributed by atoms with Crippen molar-refractivity contribution in [3.05, 3.63) is 33.9 Å². The van der Waals surface area contributed by atoms with Gasteiger partial charge in [0.15, 0.2) is 0 Å². The van der Waals surface area contributed by atoms with Crippen LogP contribution in [0.25, 0.3) is 0 Å². The van der Waals surface area contributed by atoms with Gasteiger partial charge in [0, 0.05) is 23.4 Å². The van der Waals surface area contributed by atoms with Crippen molar-refractivity contribution in [2.45, 2.75) is 38.6 Å². The molecule has 1 N–H and O–H groups in total. The number of nitro benzene ring substituents is 1. The molecular formula is C12H16N2O2. The maximum absolute atomic E-state index is 10.7. The molecule has 0 aliphatic carbocycles. The van der Waals surface area contributed by atoms with Crippen LogP contribution in [-0.4, -0.2) is 10.5 Å². The lowest BCUT2D eigenvalue weighted by atomic mass is 9.82. The Morgan fingerprint density at radius 2 is 2.19 bits per heavy atom. The van der Waals surface area contributed by atoms with Gasteiger partial charge in [0.2, 0.25) is 0 Å². The number of nitrogens with zero attached hydrogens (tertiary/aromatic N) is 1. The third-order valence-corrected chi connectivity index (χ3v) is 3.07. The molecule has 86 valence electrons. The molecular weight excluding hydrogens is 204 g/mol. The molecule has 0 bridgehead atoms. The van der Waals surface area contributed by atoms with Gasteiger partial charge in [-0.25, -0.2) is 0 Å². The highest BCUT2D eigenvalue weighted by Crippen LogP contribution is 2.39. The van der Waals surface area contributed by atoms with Crippen LogP contribution >= 0.6 is 0 Å². The molecule has 0 unspecified atom stereocenters. The first-order valence-corrected chi connectivity index (χ1v) is 5.45. The summed E-state index contributed by atoms with van der Waals surface area (Å²) in [5.41, 5.74) is 2.22. The van der Waals surface area contributed by atoms with Crippen molar-refractivity contribution in [2.75, 3.05) is 5.32 Å². The molecule has 0 saturated carbocycles. The fourth-order valence-corrected chi connectivity index (χ4v) is 2.49. The van der Waals surface area contributed by atoms with Gasteiger partial charge in [-0.05, 0) is 37.8 Å². The van der Waals surface area contributed by atoms with E-state index in [1.54, 1.807) is 12.1 Å². The van der Waals surface area contributed by atoms with Gasteiger partial charge in [-0.2, -0.15) is 0 Å². The number of non-ortho nitro benzene ring substituents is 1. The van der Waals surface area contributed by atoms with Gasteiger partial charge in [0.05, 0.1) is 4.92 Å². The molecule has 0 saturated heterocycles. The third-order valence-electron chi connectivity index (χ3n) is 3.07. The van der Waals surface area contributed by atoms with Crippen molar-refractivity contribution in [2.24, 2.45) is 0 Å². The third kappa shape index (κ3) is 1.87. The number of hydrogen-bond acceptors (Lipinski definition) is 3. The summed E-state index contributed by atoms with van der Waals surface area (Å²) in [6, 6.07) is 5.07. The minimum absolute atomic E-state index is 0.00163. The number of benzene rings is 1. The van der Waals surface area contributed by atoms with Crippen LogP contribution in [0.1, 0.15) is 38.7 Å². The highest BCUT2D eigenvalue weighted by atomic mass is 16.6. The van der Waals surface area contributed by atoms with E-state index in [1.165, 1.54) is 5.56 Å². The van der Waals surface area contributed by atoms with Gasteiger partial charge in [-0.15, -0.1) is 0 Å². The average molecular weight is 220 g/mol. The second kappa shape index (κ2) is 3.47. The lowest BCUT2D eigenvalue weighted by molar-refractivity contribution is -0.384. The number of nitro groups is 1. The molecule has 2 rings (SSSR count). The zero-order valence-electron chi connectivity index (χ0n) is 9.78. The molecule has 16 heavy (non-hydrogen) atoms. The van der Waals surface area contributed by atoms with Crippen molar-refractivity contribution < 1.29 is 4.92 Å². The summed E-state index contributed by atoms with van der Waals surface area (Å²) >= 11 is 0. The maximum atomic E-state index is 10.7. The summed E-state index contributed by atoms with van der Waals surface area (Å²) < 4.78 is 0. The Labute approximate surface area is 94.8 Å². The fourth-order valence-electron chi connectivity index (χ4n) is 2.49. The van der Waals surface area contributed by atoms with Crippen molar-refractivity contribution in [1.82, 2.24) is 0 Å². The smallest absolute Gasteiger partial charge is 0.271 e. The van der Waals surface area contributed by atoms with Crippen LogP contribution in [-0.2, 0) is 0 Å². The minimum atomic E-state index is -0.353. The Morgan fingerprint density at radius 1 is 1.50 bits per heavy atom. The molecule has 0 fully saturated rings. The number of rotatable bonds is 1. The van der Waals surface area contributed by atoms with E-state index in [4.69, 9.17) is 0 Å². The normalized spacial score (nSPS) is 22.1. The van der Waals surface area contributed by atoms with E-state index in [9.17, 15) is 10.1 Å². The quantitative estimate of drug-likeness (QED) is 0.583. The van der Waals surface area contributed by atoms with E-state index >= 15 is 0 Å². The molecule has 1 aromatic rings. The zero-order chi connectivity index (χ0) is 11.9. The molecule has 0 radical (unpaired) electrons. The minimum Gasteiger partial charge on any atom is -0.380 e. The van der Waals surface area contributed by atoms with Crippen LogP contribution in [0.15, 0.2) is 18.2 Å². The standard InChI is InChI=1S/C12H16N2O2/c1-8-7-12(2,3)13-11-6-9(14(15)16)4-5-10(8)11/h4-6,8,13H,7H2,1-3H3/t8-/m0/s1. The van der Waals surface area contributed by atoms with E-state index in [-0.39, 0.29) is 16.1 Å². The summed E-state index contributed by atoms with van der Waals surface area (Å²) in [5.74, 6) is 0.437. The molecule has 4 heteroatoms. The molecule has 1 aliphatic rings. The number of anilines is 1. The monoisotopic (exact) mass is 220 g/mol. The van der Waals surface area contributed by atoms with Crippen molar-refractivity contribution in [3.63, 3.8) is 0 Å². The Kier molecular flexibility index (Phi) is 2.37. The number of fused-ring (bicyclic) bond motifs is 1. The van der Waals surface area contributed by atoms with Gasteiger partial charge in [0.25, 0.3) is 5.69 Å². The molecule has 1 atom stereocenters. The molecule has 0 spiro atoms. The highest BCUT2D eigenvalue weighted by Gasteiger charge is 2.29. The molecule has 1 aliphatic heterocycles. The zero-order valence-corrected chi connectivity index (χ0v) is 9.78. The summed E-state index contributed by atoms with van der Waals surface area (Å²) in [7, 11) is 0. The van der Waals surface area contributed by atoms with Gasteiger partial charge in [-0.1, -0.05) is 6.92 Å². The van der Waals surface area contributed by atoms with Crippen LogP contribution in [0.5, 0.6) is 0 Å². The lowest BCUT2D eigenvalue weighted by Crippen LogP contribution is -2.36. The Bertz CT molecular complexity index is 441. The van der Waals surface area contributed by atoms with Gasteiger partial charge in [-0.3, -0.25) is 10.1 Å². The largest absolute Gasteiger partial charge is 0.380 e. The summed E-state index contributed by atoms with van der Waals surface area (Å²) in [6.45, 7) is 6.39. The first-order valence-electron chi connectivity index (χ1n) is 5.45. The first kappa shape index (κ1) is 10.9. The predicted molar refractivity (Wildman–Crippen MR) is 63.8 cm³/mol. The van der Waals surface area contributed by atoms with Crippen LogP contribution in [0.3, 0.4) is 0 Å². The highest BCUT2D eigenvalue weighted by molar-refractivity contribution is 5.61. The Morgan fingerprint density at radius 3 is 2.81 bits per heavy atom. The van der Waals surface area contributed by atoms with Crippen LogP contribution < -0.4 is 5.32 Å². The SMILES string of the molecule is C[C@H]1CC(C)(C)Nc2cc([N+](=O)[O-])ccc21. The van der Waals surface area contributed by atoms with Crippen molar-refractivity contribution in [3.8, 4) is 0 Å². The Balaban J connectivity index is 2.46. The molecule has 1 heterocycles. The predicted octanol–water partition coefficient (Wildman–Crippen LogP) is 3.29. The van der Waals surface area contributed by atoms with Crippen LogP contribution in [0.4, 0.5) is 11.4 Å². The van der Waals surface area contributed by atoms with Gasteiger partial charge in [0.1, 0.15) is 0 Å². The molecule has 1 aromatic carbocycles. The Hall–Kier alpha value is -1.58. The lowest BCUT2D eigenvalue weighted by Gasteiger charge is -2.37. The van der Waals surface area contributed by atoms with Crippen molar-refractivity contribution >= 4 is 11.4 Å². The van der Waals surface area contributed by atoms with E-state index < -0.39 is 0 Å². The van der Waals surface area contributed by atoms with Gasteiger partial charge < -0.3 is 5.32 Å². The van der Waals surface area contributed by atoms with E-state index in [1.807, 2.05) is 6.07 Å². The van der Waals surface area contributed by atoms with E-state index in [0.717, 1.165) is 12.1 Å². The summed E-state index contributed by atoms with van der Waals surface area (Å²) in [5, 5.41) is 14.1. The fraction of sp³-hybridized carbons (Fsp3) is 0.500. The molecule has 0 amide bonds. The van der Waals surface area contributed by atoms with Crippen molar-refractivity contribution in [1.29, 1.82) is 0 Å². The second-order valence-corrected chi connectivity index (χ2v) is 5.14.